The summed E-state index contributed by atoms with van der Waals surface area (Å²) in [6.07, 6.45) is 8.53. The molecule has 2 aliphatic heterocycles. The molecule has 0 aromatic carbocycles. The molecule has 0 aromatic heterocycles. The highest BCUT2D eigenvalue weighted by atomic mass is 127. The highest BCUT2D eigenvalue weighted by Crippen LogP contribution is 2.61. The van der Waals surface area contributed by atoms with Gasteiger partial charge in [-0.25, -0.2) is 0 Å². The van der Waals surface area contributed by atoms with Crippen molar-refractivity contribution in [3.8, 4) is 0 Å². The van der Waals surface area contributed by atoms with Crippen molar-refractivity contribution in [2.45, 2.75) is 110 Å². The molecular formula is C20H31IO5. The Labute approximate surface area is 169 Å². The molecule has 4 aliphatic rings. The molecule has 2 aliphatic carbocycles. The van der Waals surface area contributed by atoms with E-state index in [4.69, 9.17) is 9.47 Å². The zero-order valence-electron chi connectivity index (χ0n) is 15.6. The lowest BCUT2D eigenvalue weighted by Crippen LogP contribution is -2.55. The summed E-state index contributed by atoms with van der Waals surface area (Å²) in [5.41, 5.74) is -2.24. The third-order valence-corrected chi connectivity index (χ3v) is 8.91. The molecule has 2 saturated heterocycles. The molecule has 4 fully saturated rings. The minimum absolute atomic E-state index is 0.0459. The minimum Gasteiger partial charge on any atom is -0.459 e. The number of carbonyl (C=O) groups is 1. The second kappa shape index (κ2) is 6.85. The lowest BCUT2D eigenvalue weighted by Gasteiger charge is -2.43. The molecule has 148 valence electrons. The van der Waals surface area contributed by atoms with E-state index in [-0.39, 0.29) is 28.0 Å². The lowest BCUT2D eigenvalue weighted by molar-refractivity contribution is -0.155. The van der Waals surface area contributed by atoms with E-state index in [1.165, 1.54) is 0 Å². The summed E-state index contributed by atoms with van der Waals surface area (Å²) in [6.45, 7) is 1.97. The Kier molecular flexibility index (Phi) is 5.11. The van der Waals surface area contributed by atoms with Gasteiger partial charge >= 0.3 is 5.97 Å². The molecule has 5 nitrogen and oxygen atoms in total. The van der Waals surface area contributed by atoms with E-state index in [0.29, 0.717) is 12.8 Å². The van der Waals surface area contributed by atoms with E-state index in [1.807, 2.05) is 6.92 Å². The van der Waals surface area contributed by atoms with Gasteiger partial charge in [-0.05, 0) is 38.5 Å². The summed E-state index contributed by atoms with van der Waals surface area (Å²) in [5.74, 6) is -0.240. The van der Waals surface area contributed by atoms with Crippen molar-refractivity contribution in [1.29, 1.82) is 0 Å². The maximum atomic E-state index is 12.4. The van der Waals surface area contributed by atoms with E-state index >= 15 is 0 Å². The molecule has 2 saturated carbocycles. The molecule has 4 rings (SSSR count). The largest absolute Gasteiger partial charge is 0.459 e. The van der Waals surface area contributed by atoms with Crippen LogP contribution in [0.5, 0.6) is 0 Å². The summed E-state index contributed by atoms with van der Waals surface area (Å²) >= 11 is 2.12. The van der Waals surface area contributed by atoms with Crippen molar-refractivity contribution in [2.24, 2.45) is 5.92 Å². The molecule has 5 atom stereocenters. The summed E-state index contributed by atoms with van der Waals surface area (Å²) in [6, 6.07) is 0. The Morgan fingerprint density at radius 1 is 1.15 bits per heavy atom. The van der Waals surface area contributed by atoms with Gasteiger partial charge in [0.05, 0.1) is 11.2 Å². The van der Waals surface area contributed by atoms with Crippen LogP contribution >= 0.6 is 22.6 Å². The second-order valence-corrected chi connectivity index (χ2v) is 10.5. The molecule has 2 N–H and O–H groups in total. The number of rotatable bonds is 5. The topological polar surface area (TPSA) is 76.0 Å². The van der Waals surface area contributed by atoms with Crippen LogP contribution in [0.2, 0.25) is 0 Å². The summed E-state index contributed by atoms with van der Waals surface area (Å²) in [5, 5.41) is 22.6. The first-order valence-electron chi connectivity index (χ1n) is 10.3. The van der Waals surface area contributed by atoms with Crippen LogP contribution in [0, 0.1) is 5.92 Å². The second-order valence-electron chi connectivity index (χ2n) is 8.99. The number of fused-ring (bicyclic) bond motifs is 2. The SMILES string of the molecule is CCC(I)C(=O)OC1CC2(C3(O)CCCC3)CC(C3(O)CCCC3)C1O2. The van der Waals surface area contributed by atoms with Crippen molar-refractivity contribution in [3.63, 3.8) is 0 Å². The molecule has 0 aromatic rings. The first-order valence-corrected chi connectivity index (χ1v) is 11.5. The molecular weight excluding hydrogens is 447 g/mol. The summed E-state index contributed by atoms with van der Waals surface area (Å²) in [7, 11) is 0. The number of hydrogen-bond donors (Lipinski definition) is 2. The zero-order valence-corrected chi connectivity index (χ0v) is 17.7. The predicted octanol–water partition coefficient (Wildman–Crippen LogP) is 3.27. The molecule has 0 amide bonds. The highest BCUT2D eigenvalue weighted by molar-refractivity contribution is 14.1. The molecule has 2 heterocycles. The normalized spacial score (nSPS) is 41.5. The van der Waals surface area contributed by atoms with Crippen molar-refractivity contribution < 1.29 is 24.5 Å². The minimum atomic E-state index is -0.843. The van der Waals surface area contributed by atoms with E-state index in [0.717, 1.165) is 57.8 Å². The van der Waals surface area contributed by atoms with E-state index < -0.39 is 16.8 Å². The average Bonchev–Trinajstić information content (AvgIpc) is 3.38. The molecule has 0 spiro atoms. The average molecular weight is 478 g/mol. The Hall–Kier alpha value is 0.0800. The third kappa shape index (κ3) is 2.94. The number of aliphatic hydroxyl groups is 2. The van der Waals surface area contributed by atoms with Gasteiger partial charge in [0.2, 0.25) is 0 Å². The maximum Gasteiger partial charge on any atom is 0.319 e. The quantitative estimate of drug-likeness (QED) is 0.361. The Bertz CT molecular complexity index is 554. The van der Waals surface area contributed by atoms with Crippen molar-refractivity contribution in [3.05, 3.63) is 0 Å². The molecule has 6 heteroatoms. The Morgan fingerprint density at radius 3 is 2.38 bits per heavy atom. The van der Waals surface area contributed by atoms with Crippen molar-refractivity contribution in [1.82, 2.24) is 0 Å². The van der Waals surface area contributed by atoms with Gasteiger partial charge in [-0.1, -0.05) is 55.2 Å². The van der Waals surface area contributed by atoms with E-state index in [2.05, 4.69) is 22.6 Å². The third-order valence-electron chi connectivity index (χ3n) is 7.53. The summed E-state index contributed by atoms with van der Waals surface area (Å²) < 4.78 is 12.2. The van der Waals surface area contributed by atoms with Gasteiger partial charge in [0.15, 0.2) is 0 Å². The smallest absolute Gasteiger partial charge is 0.319 e. The van der Waals surface area contributed by atoms with Crippen LogP contribution in [0.1, 0.15) is 77.6 Å². The van der Waals surface area contributed by atoms with Gasteiger partial charge in [-0.3, -0.25) is 4.79 Å². The fourth-order valence-corrected chi connectivity index (χ4v) is 6.17. The van der Waals surface area contributed by atoms with Crippen LogP contribution in [0.25, 0.3) is 0 Å². The van der Waals surface area contributed by atoms with Crippen LogP contribution < -0.4 is 0 Å². The Morgan fingerprint density at radius 2 is 1.77 bits per heavy atom. The molecule has 26 heavy (non-hydrogen) atoms. The number of carbonyl (C=O) groups excluding carboxylic acids is 1. The van der Waals surface area contributed by atoms with Crippen molar-refractivity contribution in [2.75, 3.05) is 0 Å². The van der Waals surface area contributed by atoms with Crippen LogP contribution in [-0.4, -0.2) is 49.1 Å². The number of esters is 1. The monoisotopic (exact) mass is 478 g/mol. The first kappa shape index (κ1) is 19.4. The van der Waals surface area contributed by atoms with Gasteiger partial charge in [-0.2, -0.15) is 0 Å². The van der Waals surface area contributed by atoms with Gasteiger partial charge in [-0.15, -0.1) is 0 Å². The maximum absolute atomic E-state index is 12.4. The van der Waals surface area contributed by atoms with Gasteiger partial charge in [0.25, 0.3) is 0 Å². The van der Waals surface area contributed by atoms with Crippen LogP contribution in [0.15, 0.2) is 0 Å². The first-order chi connectivity index (χ1) is 12.3. The predicted molar refractivity (Wildman–Crippen MR) is 105 cm³/mol. The molecule has 2 bridgehead atoms. The number of hydrogen-bond acceptors (Lipinski definition) is 5. The fraction of sp³-hybridized carbons (Fsp3) is 0.950. The number of alkyl halides is 1. The standard InChI is InChI=1S/C20H31IO5/c1-2-14(21)17(22)25-15-12-20(19(24)9-5-6-10-19)11-13(16(15)26-20)18(23)7-3-4-8-18/h13-16,23-24H,2-12H2,1H3. The van der Waals surface area contributed by atoms with E-state index in [9.17, 15) is 15.0 Å². The Balaban J connectivity index is 1.60. The van der Waals surface area contributed by atoms with E-state index in [1.54, 1.807) is 0 Å². The number of ether oxygens (including phenoxy) is 2. The highest BCUT2D eigenvalue weighted by Gasteiger charge is 2.69. The molecule has 0 radical (unpaired) electrons. The summed E-state index contributed by atoms with van der Waals surface area (Å²) in [4.78, 5) is 12.4. The fourth-order valence-electron chi connectivity index (χ4n) is 6.03. The van der Waals surface area contributed by atoms with Crippen LogP contribution in [-0.2, 0) is 14.3 Å². The van der Waals surface area contributed by atoms with Crippen LogP contribution in [0.3, 0.4) is 0 Å². The molecule has 5 unspecified atom stereocenters. The zero-order chi connectivity index (χ0) is 18.6. The van der Waals surface area contributed by atoms with Crippen molar-refractivity contribution >= 4 is 28.6 Å². The lowest BCUT2D eigenvalue weighted by atomic mass is 9.65. The van der Waals surface area contributed by atoms with Gasteiger partial charge < -0.3 is 19.7 Å². The van der Waals surface area contributed by atoms with Gasteiger partial charge in [0, 0.05) is 12.3 Å². The van der Waals surface area contributed by atoms with Gasteiger partial charge in [0.1, 0.15) is 21.7 Å². The van der Waals surface area contributed by atoms with Crippen LogP contribution in [0.4, 0.5) is 0 Å². The number of halogens is 1.